The number of halogens is 1. The predicted octanol–water partition coefficient (Wildman–Crippen LogP) is 2.79. The Morgan fingerprint density at radius 2 is 2.12 bits per heavy atom. The van der Waals surface area contributed by atoms with Gasteiger partial charge in [-0.2, -0.15) is 0 Å². The molecule has 1 N–H and O–H groups in total. The molecule has 1 aliphatic rings. The minimum absolute atomic E-state index is 0.0154. The van der Waals surface area contributed by atoms with Gasteiger partial charge >= 0.3 is 0 Å². The summed E-state index contributed by atoms with van der Waals surface area (Å²) in [5.41, 5.74) is 1.89. The molecule has 0 saturated carbocycles. The van der Waals surface area contributed by atoms with Gasteiger partial charge < -0.3 is 5.32 Å². The number of Topliss-reactive ketones (excluding diaryl/α,β-unsaturated/α-hetero) is 1. The van der Waals surface area contributed by atoms with Crippen LogP contribution in [-0.2, 0) is 5.41 Å². The van der Waals surface area contributed by atoms with Crippen molar-refractivity contribution in [2.75, 3.05) is 7.05 Å². The van der Waals surface area contributed by atoms with E-state index in [1.807, 2.05) is 19.2 Å². The fourth-order valence-corrected chi connectivity index (χ4v) is 2.62. The molecule has 0 amide bonds. The minimum atomic E-state index is -0.0963. The number of nitrogens with one attached hydrogen (secondary N) is 1. The highest BCUT2D eigenvalue weighted by Crippen LogP contribution is 2.37. The first-order chi connectivity index (χ1) is 7.45. The number of hydrogen-bond acceptors (Lipinski definition) is 2. The van der Waals surface area contributed by atoms with Crippen LogP contribution < -0.4 is 5.32 Å². The molecule has 0 bridgehead atoms. The van der Waals surface area contributed by atoms with Crippen molar-refractivity contribution < 1.29 is 4.79 Å². The number of ketones is 1. The van der Waals surface area contributed by atoms with E-state index in [0.29, 0.717) is 5.02 Å². The van der Waals surface area contributed by atoms with Crippen molar-refractivity contribution in [1.29, 1.82) is 0 Å². The zero-order valence-corrected chi connectivity index (χ0v) is 10.6. The molecule has 2 nitrogen and oxygen atoms in total. The molecule has 1 aromatic rings. The molecule has 0 radical (unpaired) electrons. The van der Waals surface area contributed by atoms with Gasteiger partial charge in [-0.1, -0.05) is 31.5 Å². The van der Waals surface area contributed by atoms with E-state index in [1.54, 1.807) is 6.07 Å². The average molecular weight is 238 g/mol. The Morgan fingerprint density at radius 3 is 2.75 bits per heavy atom. The molecule has 16 heavy (non-hydrogen) atoms. The van der Waals surface area contributed by atoms with E-state index in [2.05, 4.69) is 19.2 Å². The van der Waals surface area contributed by atoms with E-state index in [-0.39, 0.29) is 17.2 Å². The molecule has 0 spiro atoms. The molecule has 0 aliphatic heterocycles. The van der Waals surface area contributed by atoms with Crippen molar-refractivity contribution in [1.82, 2.24) is 5.32 Å². The number of carbonyl (C=O) groups excluding carboxylic acids is 1. The fourth-order valence-electron chi connectivity index (χ4n) is 2.44. The van der Waals surface area contributed by atoms with Crippen molar-refractivity contribution >= 4 is 17.4 Å². The van der Waals surface area contributed by atoms with Gasteiger partial charge in [-0.15, -0.1) is 0 Å². The third-order valence-electron chi connectivity index (χ3n) is 3.36. The first kappa shape index (κ1) is 11.6. The molecule has 3 heteroatoms. The second-order valence-electron chi connectivity index (χ2n) is 4.98. The molecule has 0 heterocycles. The third-order valence-corrected chi connectivity index (χ3v) is 3.59. The van der Waals surface area contributed by atoms with Gasteiger partial charge in [0.15, 0.2) is 5.78 Å². The van der Waals surface area contributed by atoms with E-state index in [0.717, 1.165) is 17.5 Å². The van der Waals surface area contributed by atoms with E-state index in [1.165, 1.54) is 0 Å². The first-order valence-electron chi connectivity index (χ1n) is 5.47. The summed E-state index contributed by atoms with van der Waals surface area (Å²) in [7, 11) is 1.83. The maximum atomic E-state index is 12.2. The summed E-state index contributed by atoms with van der Waals surface area (Å²) >= 11 is 5.95. The number of fused-ring (bicyclic) bond motifs is 1. The zero-order chi connectivity index (χ0) is 11.9. The summed E-state index contributed by atoms with van der Waals surface area (Å²) in [6.45, 7) is 4.33. The minimum Gasteiger partial charge on any atom is -0.310 e. The van der Waals surface area contributed by atoms with E-state index >= 15 is 0 Å². The molecular formula is C13H16ClNO. The Labute approximate surface area is 101 Å². The zero-order valence-electron chi connectivity index (χ0n) is 9.80. The maximum absolute atomic E-state index is 12.2. The van der Waals surface area contributed by atoms with Gasteiger partial charge in [0.25, 0.3) is 0 Å². The highest BCUT2D eigenvalue weighted by atomic mass is 35.5. The molecule has 1 aliphatic carbocycles. The number of likely N-dealkylation sites (N-methyl/N-ethyl adjacent to an activating group) is 1. The Kier molecular flexibility index (Phi) is 2.81. The monoisotopic (exact) mass is 237 g/mol. The highest BCUT2D eigenvalue weighted by Gasteiger charge is 2.37. The van der Waals surface area contributed by atoms with Gasteiger partial charge in [-0.05, 0) is 36.6 Å². The second kappa shape index (κ2) is 3.86. The SMILES string of the molecule is CNC1CC(C)(C)c2ccc(Cl)cc2C1=O. The van der Waals surface area contributed by atoms with Gasteiger partial charge in [0.1, 0.15) is 0 Å². The summed E-state index contributed by atoms with van der Waals surface area (Å²) in [6.07, 6.45) is 0.830. The Hall–Kier alpha value is -0.860. The Balaban J connectivity index is 2.59. The number of rotatable bonds is 1. The molecule has 2 rings (SSSR count). The van der Waals surface area contributed by atoms with Crippen molar-refractivity contribution in [2.45, 2.75) is 31.7 Å². The number of benzene rings is 1. The normalized spacial score (nSPS) is 23.0. The van der Waals surface area contributed by atoms with Crippen LogP contribution in [0.3, 0.4) is 0 Å². The Morgan fingerprint density at radius 1 is 1.44 bits per heavy atom. The van der Waals surface area contributed by atoms with Gasteiger partial charge in [-0.3, -0.25) is 4.79 Å². The second-order valence-corrected chi connectivity index (χ2v) is 5.42. The van der Waals surface area contributed by atoms with E-state index < -0.39 is 0 Å². The van der Waals surface area contributed by atoms with Crippen LogP contribution in [-0.4, -0.2) is 18.9 Å². The lowest BCUT2D eigenvalue weighted by Gasteiger charge is -2.36. The smallest absolute Gasteiger partial charge is 0.180 e. The first-order valence-corrected chi connectivity index (χ1v) is 5.85. The molecule has 0 aromatic heterocycles. The van der Waals surface area contributed by atoms with Crippen LogP contribution in [0.4, 0.5) is 0 Å². The molecule has 0 saturated heterocycles. The van der Waals surface area contributed by atoms with Crippen LogP contribution in [0.2, 0.25) is 5.02 Å². The topological polar surface area (TPSA) is 29.1 Å². The molecule has 0 fully saturated rings. The fraction of sp³-hybridized carbons (Fsp3) is 0.462. The van der Waals surface area contributed by atoms with Crippen LogP contribution >= 0.6 is 11.6 Å². The van der Waals surface area contributed by atoms with Crippen molar-refractivity contribution in [3.05, 3.63) is 34.3 Å². The largest absolute Gasteiger partial charge is 0.310 e. The summed E-state index contributed by atoms with van der Waals surface area (Å²) in [5, 5.41) is 3.70. The van der Waals surface area contributed by atoms with Gasteiger partial charge in [0.2, 0.25) is 0 Å². The average Bonchev–Trinajstić information content (AvgIpc) is 2.23. The standard InChI is InChI=1S/C13H16ClNO/c1-13(2)7-11(15-3)12(16)9-6-8(14)4-5-10(9)13/h4-6,11,15H,7H2,1-3H3. The molecule has 1 unspecified atom stereocenters. The number of carbonyl (C=O) groups is 1. The lowest BCUT2D eigenvalue weighted by atomic mass is 9.70. The van der Waals surface area contributed by atoms with Crippen LogP contribution in [0.25, 0.3) is 0 Å². The third kappa shape index (κ3) is 1.76. The summed E-state index contributed by atoms with van der Waals surface area (Å²) < 4.78 is 0. The van der Waals surface area contributed by atoms with Gasteiger partial charge in [0.05, 0.1) is 6.04 Å². The van der Waals surface area contributed by atoms with Crippen molar-refractivity contribution in [3.8, 4) is 0 Å². The highest BCUT2D eigenvalue weighted by molar-refractivity contribution is 6.31. The molecule has 86 valence electrons. The lowest BCUT2D eigenvalue weighted by molar-refractivity contribution is 0.0911. The van der Waals surface area contributed by atoms with Crippen LogP contribution in [0, 0.1) is 0 Å². The molecular weight excluding hydrogens is 222 g/mol. The summed E-state index contributed by atoms with van der Waals surface area (Å²) in [6, 6.07) is 5.52. The van der Waals surface area contributed by atoms with Crippen LogP contribution in [0.1, 0.15) is 36.2 Å². The Bertz CT molecular complexity index is 440. The molecule has 1 aromatic carbocycles. The van der Waals surface area contributed by atoms with E-state index in [9.17, 15) is 4.79 Å². The molecule has 1 atom stereocenters. The van der Waals surface area contributed by atoms with Crippen molar-refractivity contribution in [3.63, 3.8) is 0 Å². The lowest BCUT2D eigenvalue weighted by Crippen LogP contribution is -2.44. The predicted molar refractivity (Wildman–Crippen MR) is 66.3 cm³/mol. The van der Waals surface area contributed by atoms with Crippen LogP contribution in [0.5, 0.6) is 0 Å². The maximum Gasteiger partial charge on any atom is 0.180 e. The van der Waals surface area contributed by atoms with Gasteiger partial charge in [-0.25, -0.2) is 0 Å². The quantitative estimate of drug-likeness (QED) is 0.814. The van der Waals surface area contributed by atoms with Crippen molar-refractivity contribution in [2.24, 2.45) is 0 Å². The summed E-state index contributed by atoms with van der Waals surface area (Å²) in [4.78, 5) is 12.2. The van der Waals surface area contributed by atoms with E-state index in [4.69, 9.17) is 11.6 Å². The van der Waals surface area contributed by atoms with Crippen LogP contribution in [0.15, 0.2) is 18.2 Å². The van der Waals surface area contributed by atoms with Gasteiger partial charge in [0, 0.05) is 10.6 Å². The number of hydrogen-bond donors (Lipinski definition) is 1. The summed E-state index contributed by atoms with van der Waals surface area (Å²) in [5.74, 6) is 0.152.